The van der Waals surface area contributed by atoms with E-state index in [9.17, 15) is 0 Å². The number of hydrazine groups is 2. The van der Waals surface area contributed by atoms with Crippen LogP contribution in [0.25, 0.3) is 0 Å². The van der Waals surface area contributed by atoms with E-state index in [4.69, 9.17) is 26.8 Å². The number of hydrogen-bond donors (Lipinski definition) is 7. The lowest BCUT2D eigenvalue weighted by Gasteiger charge is -2.40. The third kappa shape index (κ3) is 6.59. The highest BCUT2D eigenvalue weighted by atomic mass is 16.3. The van der Waals surface area contributed by atoms with E-state index in [1.807, 2.05) is 0 Å². The summed E-state index contributed by atoms with van der Waals surface area (Å²) in [6.07, 6.45) is 1.18. The lowest BCUT2D eigenvalue weighted by Crippen LogP contribution is -2.63. The molecule has 0 aromatic heterocycles. The maximum atomic E-state index is 8.34. The smallest absolute Gasteiger partial charge is 0.0856 e. The number of rotatable bonds is 5. The Labute approximate surface area is 114 Å². The van der Waals surface area contributed by atoms with Crippen molar-refractivity contribution in [3.8, 4) is 0 Å². The van der Waals surface area contributed by atoms with Crippen LogP contribution in [0.2, 0.25) is 0 Å². The molecule has 1 fully saturated rings. The van der Waals surface area contributed by atoms with Crippen LogP contribution in [0.15, 0.2) is 0 Å². The van der Waals surface area contributed by atoms with Crippen molar-refractivity contribution in [3.05, 3.63) is 0 Å². The summed E-state index contributed by atoms with van der Waals surface area (Å²) in [7, 11) is 0. The summed E-state index contributed by atoms with van der Waals surface area (Å²) in [5, 5.41) is 27.2. The third-order valence-electron chi connectivity index (χ3n) is 3.07. The predicted molar refractivity (Wildman–Crippen MR) is 73.8 cm³/mol. The van der Waals surface area contributed by atoms with Crippen molar-refractivity contribution in [1.29, 1.82) is 0 Å². The Hall–Kier alpha value is -0.320. The maximum Gasteiger partial charge on any atom is 0.0856 e. The molecular weight excluding hydrogens is 250 g/mol. The van der Waals surface area contributed by atoms with Crippen LogP contribution in [-0.4, -0.2) is 70.9 Å². The van der Waals surface area contributed by atoms with Crippen molar-refractivity contribution in [2.24, 2.45) is 11.5 Å². The number of hydrogen-bond acceptors (Lipinski definition) is 8. The maximum absolute atomic E-state index is 8.34. The predicted octanol–water partition coefficient (Wildman–Crippen LogP) is -2.90. The first-order valence-electron chi connectivity index (χ1n) is 6.43. The molecule has 8 heteroatoms. The molecule has 0 saturated carbocycles. The fourth-order valence-electron chi connectivity index (χ4n) is 1.25. The Morgan fingerprint density at radius 1 is 1.16 bits per heavy atom. The van der Waals surface area contributed by atoms with E-state index in [1.165, 1.54) is 6.42 Å². The van der Waals surface area contributed by atoms with Gasteiger partial charge < -0.3 is 26.8 Å². The van der Waals surface area contributed by atoms with Gasteiger partial charge in [-0.1, -0.05) is 0 Å². The average molecular weight is 279 g/mol. The van der Waals surface area contributed by atoms with Gasteiger partial charge in [0.2, 0.25) is 0 Å². The Kier molecular flexibility index (Phi) is 8.62. The molecule has 0 aliphatic carbocycles. The van der Waals surface area contributed by atoms with Crippen molar-refractivity contribution in [2.75, 3.05) is 39.5 Å². The Morgan fingerprint density at radius 2 is 1.68 bits per heavy atom. The minimum Gasteiger partial charge on any atom is -0.394 e. The SMILES string of the molecule is CC(C)(CN)N1CCCNN1.NC(CO)(CO)CO. The van der Waals surface area contributed by atoms with Crippen molar-refractivity contribution in [3.63, 3.8) is 0 Å². The van der Waals surface area contributed by atoms with E-state index < -0.39 is 25.4 Å². The van der Waals surface area contributed by atoms with E-state index in [2.05, 4.69) is 29.8 Å². The first-order valence-corrected chi connectivity index (χ1v) is 6.43. The fraction of sp³-hybridized carbons (Fsp3) is 1.00. The second kappa shape index (κ2) is 8.77. The molecular formula is C11H29N5O3. The lowest BCUT2D eigenvalue weighted by molar-refractivity contribution is 0.0199. The summed E-state index contributed by atoms with van der Waals surface area (Å²) >= 11 is 0. The Balaban J connectivity index is 0.000000362. The normalized spacial score (nSPS) is 17.8. The molecule has 9 N–H and O–H groups in total. The quantitative estimate of drug-likeness (QED) is 0.284. The van der Waals surface area contributed by atoms with E-state index in [0.717, 1.165) is 13.1 Å². The zero-order chi connectivity index (χ0) is 14.9. The van der Waals surface area contributed by atoms with E-state index in [1.54, 1.807) is 0 Å². The first kappa shape index (κ1) is 18.7. The Morgan fingerprint density at radius 3 is 1.95 bits per heavy atom. The van der Waals surface area contributed by atoms with Crippen LogP contribution in [-0.2, 0) is 0 Å². The van der Waals surface area contributed by atoms with Crippen molar-refractivity contribution in [1.82, 2.24) is 16.0 Å². The number of aliphatic hydroxyl groups excluding tert-OH is 3. The van der Waals surface area contributed by atoms with Gasteiger partial charge in [-0.25, -0.2) is 10.4 Å². The molecule has 0 aromatic carbocycles. The molecule has 1 saturated heterocycles. The fourth-order valence-corrected chi connectivity index (χ4v) is 1.25. The molecule has 1 heterocycles. The van der Waals surface area contributed by atoms with Gasteiger partial charge in [0, 0.05) is 25.2 Å². The highest BCUT2D eigenvalue weighted by Gasteiger charge is 2.26. The van der Waals surface area contributed by atoms with Crippen LogP contribution in [0, 0.1) is 0 Å². The molecule has 19 heavy (non-hydrogen) atoms. The zero-order valence-electron chi connectivity index (χ0n) is 11.9. The molecule has 0 unspecified atom stereocenters. The molecule has 0 spiro atoms. The number of nitrogens with zero attached hydrogens (tertiary/aromatic N) is 1. The highest BCUT2D eigenvalue weighted by molar-refractivity contribution is 4.81. The molecule has 0 bridgehead atoms. The summed E-state index contributed by atoms with van der Waals surface area (Å²) in [4.78, 5) is 0. The van der Waals surface area contributed by atoms with Gasteiger partial charge in [0.15, 0.2) is 0 Å². The first-order chi connectivity index (χ1) is 8.85. The van der Waals surface area contributed by atoms with Crippen LogP contribution in [0.3, 0.4) is 0 Å². The second-order valence-corrected chi connectivity index (χ2v) is 5.40. The largest absolute Gasteiger partial charge is 0.394 e. The summed E-state index contributed by atoms with van der Waals surface area (Å²) in [6, 6.07) is 0. The number of aliphatic hydroxyl groups is 3. The molecule has 8 nitrogen and oxygen atoms in total. The van der Waals surface area contributed by atoms with Crippen LogP contribution in [0.4, 0.5) is 0 Å². The van der Waals surface area contributed by atoms with Crippen LogP contribution < -0.4 is 22.4 Å². The topological polar surface area (TPSA) is 140 Å². The highest BCUT2D eigenvalue weighted by Crippen LogP contribution is 2.10. The molecule has 0 radical (unpaired) electrons. The molecule has 0 aromatic rings. The van der Waals surface area contributed by atoms with Gasteiger partial charge in [-0.05, 0) is 20.3 Å². The standard InChI is InChI=1S/C7H18N4.C4H11NO3/c1-7(2,6-8)11-5-3-4-9-10-11;5-4(1-6,2-7)3-8/h9-10H,3-6,8H2,1-2H3;6-8H,1-3,5H2. The summed E-state index contributed by atoms with van der Waals surface area (Å²) in [5.41, 5.74) is 15.8. The number of nitrogens with two attached hydrogens (primary N) is 2. The zero-order valence-corrected chi connectivity index (χ0v) is 11.9. The average Bonchev–Trinajstić information content (AvgIpc) is 2.48. The van der Waals surface area contributed by atoms with Crippen LogP contribution >= 0.6 is 0 Å². The molecule has 116 valence electrons. The molecule has 1 aliphatic rings. The molecule has 1 rings (SSSR count). The minimum absolute atomic E-state index is 0.0490. The van der Waals surface area contributed by atoms with Crippen LogP contribution in [0.1, 0.15) is 20.3 Å². The molecule has 1 aliphatic heterocycles. The molecule has 0 atom stereocenters. The van der Waals surface area contributed by atoms with Crippen LogP contribution in [0.5, 0.6) is 0 Å². The van der Waals surface area contributed by atoms with Gasteiger partial charge >= 0.3 is 0 Å². The van der Waals surface area contributed by atoms with Gasteiger partial charge in [-0.2, -0.15) is 5.53 Å². The van der Waals surface area contributed by atoms with Gasteiger partial charge in [0.05, 0.1) is 25.4 Å². The lowest BCUT2D eigenvalue weighted by atomic mass is 10.1. The van der Waals surface area contributed by atoms with Gasteiger partial charge in [0.25, 0.3) is 0 Å². The number of nitrogens with one attached hydrogen (secondary N) is 2. The Bertz CT molecular complexity index is 222. The van der Waals surface area contributed by atoms with Crippen molar-refractivity contribution < 1.29 is 15.3 Å². The second-order valence-electron chi connectivity index (χ2n) is 5.40. The monoisotopic (exact) mass is 279 g/mol. The van der Waals surface area contributed by atoms with Gasteiger partial charge in [0.1, 0.15) is 0 Å². The minimum atomic E-state index is -1.21. The third-order valence-corrected chi connectivity index (χ3v) is 3.07. The van der Waals surface area contributed by atoms with Crippen molar-refractivity contribution in [2.45, 2.75) is 31.3 Å². The van der Waals surface area contributed by atoms with Gasteiger partial charge in [-0.15, -0.1) is 0 Å². The molecule has 0 amide bonds. The van der Waals surface area contributed by atoms with E-state index in [0.29, 0.717) is 6.54 Å². The van der Waals surface area contributed by atoms with Gasteiger partial charge in [-0.3, -0.25) is 0 Å². The summed E-state index contributed by atoms with van der Waals surface area (Å²) in [5.74, 6) is 0. The summed E-state index contributed by atoms with van der Waals surface area (Å²) in [6.45, 7) is 5.83. The van der Waals surface area contributed by atoms with Crippen molar-refractivity contribution >= 4 is 0 Å². The van der Waals surface area contributed by atoms with E-state index >= 15 is 0 Å². The van der Waals surface area contributed by atoms with E-state index in [-0.39, 0.29) is 5.54 Å². The summed E-state index contributed by atoms with van der Waals surface area (Å²) < 4.78 is 0.